The normalized spacial score (nSPS) is 21.2. The summed E-state index contributed by atoms with van der Waals surface area (Å²) in [6.45, 7) is 10.1. The molecule has 6 heteroatoms. The van der Waals surface area contributed by atoms with Gasteiger partial charge in [0.2, 0.25) is 0 Å². The molecule has 1 aliphatic heterocycles. The van der Waals surface area contributed by atoms with E-state index in [9.17, 15) is 4.79 Å². The van der Waals surface area contributed by atoms with Gasteiger partial charge < -0.3 is 19.5 Å². The molecule has 2 atom stereocenters. The number of nitrogens with one attached hydrogen (secondary N) is 1. The minimum Gasteiger partial charge on any atom is -0.444 e. The van der Waals surface area contributed by atoms with Crippen molar-refractivity contribution in [2.45, 2.75) is 64.7 Å². The minimum atomic E-state index is -0.675. The molecule has 0 radical (unpaired) electrons. The van der Waals surface area contributed by atoms with Gasteiger partial charge >= 0.3 is 6.09 Å². The van der Waals surface area contributed by atoms with Crippen molar-refractivity contribution in [3.05, 3.63) is 35.9 Å². The van der Waals surface area contributed by atoms with E-state index in [1.807, 2.05) is 65.0 Å². The van der Waals surface area contributed by atoms with Crippen LogP contribution in [0.5, 0.6) is 0 Å². The first kappa shape index (κ1) is 19.4. The summed E-state index contributed by atoms with van der Waals surface area (Å²) < 4.78 is 16.8. The highest BCUT2D eigenvalue weighted by atomic mass is 16.7. The van der Waals surface area contributed by atoms with Crippen molar-refractivity contribution < 1.29 is 19.0 Å². The van der Waals surface area contributed by atoms with Crippen molar-refractivity contribution in [3.8, 4) is 0 Å². The van der Waals surface area contributed by atoms with Gasteiger partial charge in [0.25, 0.3) is 0 Å². The third-order valence-corrected chi connectivity index (χ3v) is 3.50. The first-order chi connectivity index (χ1) is 11.6. The monoisotopic (exact) mass is 348 g/mol. The zero-order valence-electron chi connectivity index (χ0n) is 15.6. The largest absolute Gasteiger partial charge is 0.444 e. The Morgan fingerprint density at radius 1 is 1.40 bits per heavy atom. The summed E-state index contributed by atoms with van der Waals surface area (Å²) in [4.78, 5) is 16.6. The van der Waals surface area contributed by atoms with Crippen LogP contribution in [0.15, 0.2) is 35.3 Å². The minimum absolute atomic E-state index is 0.318. The van der Waals surface area contributed by atoms with Gasteiger partial charge in [0.05, 0.1) is 19.2 Å². The van der Waals surface area contributed by atoms with Crippen LogP contribution >= 0.6 is 0 Å². The predicted molar refractivity (Wildman–Crippen MR) is 96.7 cm³/mol. The number of amides is 1. The summed E-state index contributed by atoms with van der Waals surface area (Å²) >= 11 is 0. The Bertz CT molecular complexity index is 593. The number of carbonyl (C=O) groups is 1. The lowest BCUT2D eigenvalue weighted by atomic mass is 10.2. The van der Waals surface area contributed by atoms with Gasteiger partial charge in [0.1, 0.15) is 11.7 Å². The second-order valence-electron chi connectivity index (χ2n) is 7.51. The molecule has 1 heterocycles. The van der Waals surface area contributed by atoms with Crippen molar-refractivity contribution in [3.63, 3.8) is 0 Å². The van der Waals surface area contributed by atoms with E-state index in [1.54, 1.807) is 6.21 Å². The Labute approximate surface area is 149 Å². The fraction of sp³-hybridized carbons (Fsp3) is 0.579. The molecule has 1 saturated heterocycles. The first-order valence-corrected chi connectivity index (χ1v) is 8.50. The molecule has 138 valence electrons. The molecule has 0 aliphatic carbocycles. The van der Waals surface area contributed by atoms with E-state index in [0.29, 0.717) is 13.2 Å². The number of carbonyl (C=O) groups excluding carboxylic acids is 1. The SMILES string of the molecule is CC(C)(C)OC(=O)N[C@H](C=NCc1ccccc1)[C@H]1COC(C)(C)O1. The van der Waals surface area contributed by atoms with Crippen LogP contribution in [0.3, 0.4) is 0 Å². The van der Waals surface area contributed by atoms with E-state index in [0.717, 1.165) is 5.56 Å². The number of hydrogen-bond acceptors (Lipinski definition) is 5. The van der Waals surface area contributed by atoms with E-state index in [2.05, 4.69) is 10.3 Å². The van der Waals surface area contributed by atoms with Crippen molar-refractivity contribution in [2.24, 2.45) is 4.99 Å². The lowest BCUT2D eigenvalue weighted by Crippen LogP contribution is -2.47. The Kier molecular flexibility index (Phi) is 6.19. The van der Waals surface area contributed by atoms with E-state index in [-0.39, 0.29) is 6.10 Å². The summed E-state index contributed by atoms with van der Waals surface area (Å²) in [5.41, 5.74) is 0.529. The van der Waals surface area contributed by atoms with Crippen LogP contribution in [0, 0.1) is 0 Å². The molecule has 0 saturated carbocycles. The molecule has 1 aromatic carbocycles. The summed E-state index contributed by atoms with van der Waals surface area (Å²) in [6.07, 6.45) is 0.880. The fourth-order valence-electron chi connectivity index (χ4n) is 2.42. The van der Waals surface area contributed by atoms with Gasteiger partial charge in [-0.05, 0) is 40.2 Å². The molecule has 1 N–H and O–H groups in total. The van der Waals surface area contributed by atoms with Crippen molar-refractivity contribution >= 4 is 12.3 Å². The Morgan fingerprint density at radius 2 is 2.08 bits per heavy atom. The summed E-state index contributed by atoms with van der Waals surface area (Å²) in [5, 5.41) is 2.82. The molecular weight excluding hydrogens is 320 g/mol. The Hall–Kier alpha value is -1.92. The molecule has 0 unspecified atom stereocenters. The number of hydrogen-bond donors (Lipinski definition) is 1. The van der Waals surface area contributed by atoms with Crippen molar-refractivity contribution in [1.82, 2.24) is 5.32 Å². The zero-order valence-corrected chi connectivity index (χ0v) is 15.6. The average molecular weight is 348 g/mol. The van der Waals surface area contributed by atoms with E-state index in [4.69, 9.17) is 14.2 Å². The van der Waals surface area contributed by atoms with Crippen LogP contribution < -0.4 is 5.32 Å². The molecule has 1 fully saturated rings. The van der Waals surface area contributed by atoms with Crippen LogP contribution in [0.25, 0.3) is 0 Å². The number of benzene rings is 1. The average Bonchev–Trinajstić information content (AvgIpc) is 2.85. The zero-order chi connectivity index (χ0) is 18.5. The van der Waals surface area contributed by atoms with Crippen molar-refractivity contribution in [2.75, 3.05) is 6.61 Å². The van der Waals surface area contributed by atoms with Gasteiger partial charge in [-0.1, -0.05) is 30.3 Å². The molecule has 25 heavy (non-hydrogen) atoms. The highest BCUT2D eigenvalue weighted by Crippen LogP contribution is 2.24. The number of rotatable bonds is 5. The second-order valence-corrected chi connectivity index (χ2v) is 7.51. The highest BCUT2D eigenvalue weighted by molar-refractivity contribution is 5.76. The molecule has 1 aromatic rings. The van der Waals surface area contributed by atoms with Gasteiger partial charge in [-0.15, -0.1) is 0 Å². The lowest BCUT2D eigenvalue weighted by molar-refractivity contribution is -0.139. The van der Waals surface area contributed by atoms with Gasteiger partial charge in [-0.25, -0.2) is 4.79 Å². The standard InChI is InChI=1S/C19H28N2O4/c1-18(2,3)25-17(22)21-15(16-13-23-19(4,5)24-16)12-20-11-14-9-7-6-8-10-14/h6-10,12,15-16H,11,13H2,1-5H3,(H,21,22)/t15-,16-/m1/s1. The van der Waals surface area contributed by atoms with Gasteiger partial charge in [0.15, 0.2) is 5.79 Å². The number of ether oxygens (including phenoxy) is 3. The van der Waals surface area contributed by atoms with Crippen LogP contribution in [0.4, 0.5) is 4.79 Å². The maximum absolute atomic E-state index is 12.1. The fourth-order valence-corrected chi connectivity index (χ4v) is 2.42. The summed E-state index contributed by atoms with van der Waals surface area (Å²) in [7, 11) is 0. The highest BCUT2D eigenvalue weighted by Gasteiger charge is 2.38. The molecule has 1 aliphatic rings. The Morgan fingerprint density at radius 3 is 2.64 bits per heavy atom. The third-order valence-electron chi connectivity index (χ3n) is 3.50. The third kappa shape index (κ3) is 6.84. The molecule has 0 aromatic heterocycles. The molecule has 2 rings (SSSR count). The van der Waals surface area contributed by atoms with E-state index < -0.39 is 23.5 Å². The molecular formula is C19H28N2O4. The van der Waals surface area contributed by atoms with Crippen LogP contribution in [-0.4, -0.2) is 42.4 Å². The lowest BCUT2D eigenvalue weighted by Gasteiger charge is -2.25. The molecule has 1 amide bonds. The predicted octanol–water partition coefficient (Wildman–Crippen LogP) is 3.30. The molecule has 0 bridgehead atoms. The van der Waals surface area contributed by atoms with Gasteiger partial charge in [-0.2, -0.15) is 0 Å². The smallest absolute Gasteiger partial charge is 0.408 e. The van der Waals surface area contributed by atoms with Crippen LogP contribution in [-0.2, 0) is 20.8 Å². The second kappa shape index (κ2) is 7.97. The number of alkyl carbamates (subject to hydrolysis) is 1. The van der Waals surface area contributed by atoms with E-state index >= 15 is 0 Å². The van der Waals surface area contributed by atoms with Gasteiger partial charge in [-0.3, -0.25) is 4.99 Å². The topological polar surface area (TPSA) is 69.2 Å². The van der Waals surface area contributed by atoms with E-state index in [1.165, 1.54) is 0 Å². The molecule has 6 nitrogen and oxygen atoms in total. The maximum Gasteiger partial charge on any atom is 0.408 e. The summed E-state index contributed by atoms with van der Waals surface area (Å²) in [6, 6.07) is 9.49. The number of aliphatic imine (C=N–C) groups is 1. The number of nitrogens with zero attached hydrogens (tertiary/aromatic N) is 1. The summed E-state index contributed by atoms with van der Waals surface area (Å²) in [5.74, 6) is -0.675. The van der Waals surface area contributed by atoms with Crippen molar-refractivity contribution in [1.29, 1.82) is 0 Å². The molecule has 0 spiro atoms. The van der Waals surface area contributed by atoms with Crippen LogP contribution in [0.1, 0.15) is 40.2 Å². The quantitative estimate of drug-likeness (QED) is 0.829. The Balaban J connectivity index is 2.02. The maximum atomic E-state index is 12.1. The van der Waals surface area contributed by atoms with Crippen LogP contribution in [0.2, 0.25) is 0 Å². The first-order valence-electron chi connectivity index (χ1n) is 8.50. The van der Waals surface area contributed by atoms with Gasteiger partial charge in [0, 0.05) is 6.21 Å².